The molecule has 0 saturated heterocycles. The van der Waals surface area contributed by atoms with Crippen LogP contribution in [0.15, 0.2) is 12.2 Å². The minimum absolute atomic E-state index is 0.0676. The third-order valence-corrected chi connectivity index (χ3v) is 10.3. The Morgan fingerprint density at radius 1 is 0.558 bits per heavy atom. The fraction of sp³-hybridized carbons (Fsp3) is 0.886. The summed E-state index contributed by atoms with van der Waals surface area (Å²) in [6.07, 6.45) is 42.1. The molecule has 0 radical (unpaired) electrons. The van der Waals surface area contributed by atoms with Crippen LogP contribution in [0.25, 0.3) is 0 Å². The fourth-order valence-electron chi connectivity index (χ4n) is 6.77. The topological polar surface area (TPSA) is 137 Å². The molecule has 0 bridgehead atoms. The highest BCUT2D eigenvalue weighted by Crippen LogP contribution is 2.14. The zero-order valence-electron chi connectivity index (χ0n) is 34.8. The summed E-state index contributed by atoms with van der Waals surface area (Å²) in [6.45, 7) is 8.42. The van der Waals surface area contributed by atoms with Crippen molar-refractivity contribution in [1.29, 1.82) is 5.41 Å². The largest absolute Gasteiger partial charge is 0.374 e. The maximum absolute atomic E-state index is 13.4. The standard InChI is InChI=1S/C44H88N6O2/c1-4-6-8-10-12-14-16-18-20-21-23-25-27-29-31-33-38-50(37-32-30-28-26-24-22-19-17-15-13-11-9-7-5-2)44(52)42(47)39-49-43(51)41(46)35-34-36-48-40(3)45/h18,20,41-42H,4-17,19,21-39,46-47H2,1-3H3,(H2,45,48)(H,49,51)/b20-18-. The molecule has 0 fully saturated rings. The second-order valence-corrected chi connectivity index (χ2v) is 15.5. The molecule has 0 heterocycles. The van der Waals surface area contributed by atoms with Crippen LogP contribution in [0.3, 0.4) is 0 Å². The molecule has 0 saturated carbocycles. The number of allylic oxidation sites excluding steroid dienone is 2. The molecule has 7 N–H and O–H groups in total. The Kier molecular flexibility index (Phi) is 37.3. The lowest BCUT2D eigenvalue weighted by Crippen LogP contribution is -2.52. The SMILES string of the molecule is CCCCCCCC/C=C\CCCCCCCCN(CCCCCCCCCCCCCCCC)C(=O)C(N)CNC(=O)C(N)CCCNC(C)=N. The first kappa shape index (κ1) is 50.1. The number of carbonyl (C=O) groups excluding carboxylic acids is 2. The second-order valence-electron chi connectivity index (χ2n) is 15.5. The number of nitrogens with two attached hydrogens (primary N) is 2. The van der Waals surface area contributed by atoms with Crippen LogP contribution in [-0.4, -0.2) is 60.8 Å². The third kappa shape index (κ3) is 33.9. The van der Waals surface area contributed by atoms with E-state index in [-0.39, 0.29) is 18.4 Å². The Morgan fingerprint density at radius 2 is 0.942 bits per heavy atom. The van der Waals surface area contributed by atoms with Crippen LogP contribution in [0.5, 0.6) is 0 Å². The van der Waals surface area contributed by atoms with Gasteiger partial charge in [-0.3, -0.25) is 15.0 Å². The minimum atomic E-state index is -0.765. The Hall–Kier alpha value is -1.93. The van der Waals surface area contributed by atoms with Gasteiger partial charge in [0.15, 0.2) is 0 Å². The van der Waals surface area contributed by atoms with Gasteiger partial charge in [-0.1, -0.05) is 167 Å². The molecule has 0 aliphatic rings. The Balaban J connectivity index is 4.43. The van der Waals surface area contributed by atoms with Gasteiger partial charge in [0.25, 0.3) is 0 Å². The molecule has 8 heteroatoms. The number of hydrogen-bond acceptors (Lipinski definition) is 5. The first-order chi connectivity index (χ1) is 25.3. The first-order valence-corrected chi connectivity index (χ1v) is 22.3. The average Bonchev–Trinajstić information content (AvgIpc) is 3.13. The Bertz CT molecular complexity index is 851. The summed E-state index contributed by atoms with van der Waals surface area (Å²) < 4.78 is 0. The predicted molar refractivity (Wildman–Crippen MR) is 226 cm³/mol. The second kappa shape index (κ2) is 38.8. The van der Waals surface area contributed by atoms with Gasteiger partial charge in [0.1, 0.15) is 6.04 Å². The van der Waals surface area contributed by atoms with Crippen LogP contribution in [0.1, 0.15) is 213 Å². The summed E-state index contributed by atoms with van der Waals surface area (Å²) in [6, 6.07) is -1.41. The van der Waals surface area contributed by atoms with E-state index >= 15 is 0 Å². The number of carbonyl (C=O) groups is 2. The number of hydrogen-bond donors (Lipinski definition) is 5. The highest BCUT2D eigenvalue weighted by Gasteiger charge is 2.22. The number of rotatable bonds is 39. The summed E-state index contributed by atoms with van der Waals surface area (Å²) in [5.41, 5.74) is 12.4. The normalized spacial score (nSPS) is 12.6. The van der Waals surface area contributed by atoms with E-state index in [2.05, 4.69) is 36.6 Å². The molecule has 0 rings (SSSR count). The lowest BCUT2D eigenvalue weighted by atomic mass is 10.0. The van der Waals surface area contributed by atoms with Crippen molar-refractivity contribution >= 4 is 17.6 Å². The average molecular weight is 733 g/mol. The van der Waals surface area contributed by atoms with E-state index in [1.807, 2.05) is 4.90 Å². The van der Waals surface area contributed by atoms with E-state index in [4.69, 9.17) is 16.9 Å². The van der Waals surface area contributed by atoms with Crippen molar-refractivity contribution in [3.63, 3.8) is 0 Å². The number of unbranched alkanes of at least 4 members (excludes halogenated alkanes) is 25. The maximum Gasteiger partial charge on any atom is 0.241 e. The fourth-order valence-corrected chi connectivity index (χ4v) is 6.77. The summed E-state index contributed by atoms with van der Waals surface area (Å²) in [5.74, 6) is 0.0574. The Labute approximate surface area is 322 Å². The Morgan fingerprint density at radius 3 is 1.35 bits per heavy atom. The smallest absolute Gasteiger partial charge is 0.241 e. The monoisotopic (exact) mass is 733 g/mol. The van der Waals surface area contributed by atoms with E-state index in [9.17, 15) is 9.59 Å². The van der Waals surface area contributed by atoms with Crippen LogP contribution < -0.4 is 22.1 Å². The van der Waals surface area contributed by atoms with Crippen LogP contribution in [-0.2, 0) is 9.59 Å². The molecule has 0 spiro atoms. The summed E-state index contributed by atoms with van der Waals surface area (Å²) in [4.78, 5) is 27.9. The van der Waals surface area contributed by atoms with E-state index in [1.54, 1.807) is 6.92 Å². The highest BCUT2D eigenvalue weighted by molar-refractivity contribution is 5.85. The van der Waals surface area contributed by atoms with Gasteiger partial charge >= 0.3 is 0 Å². The van der Waals surface area contributed by atoms with Crippen LogP contribution in [0.4, 0.5) is 0 Å². The van der Waals surface area contributed by atoms with Crippen molar-refractivity contribution in [3.05, 3.63) is 12.2 Å². The minimum Gasteiger partial charge on any atom is -0.374 e. The molecule has 52 heavy (non-hydrogen) atoms. The molecular weight excluding hydrogens is 645 g/mol. The van der Waals surface area contributed by atoms with E-state index < -0.39 is 12.1 Å². The zero-order chi connectivity index (χ0) is 38.3. The molecule has 2 unspecified atom stereocenters. The number of amides is 2. The summed E-state index contributed by atoms with van der Waals surface area (Å²) in [5, 5.41) is 13.2. The molecular formula is C44H88N6O2. The molecule has 0 aliphatic heterocycles. The first-order valence-electron chi connectivity index (χ1n) is 22.3. The van der Waals surface area contributed by atoms with Gasteiger partial charge in [-0.25, -0.2) is 0 Å². The zero-order valence-corrected chi connectivity index (χ0v) is 34.8. The van der Waals surface area contributed by atoms with E-state index in [0.717, 1.165) is 38.8 Å². The van der Waals surface area contributed by atoms with Crippen molar-refractivity contribution in [1.82, 2.24) is 15.5 Å². The maximum atomic E-state index is 13.4. The van der Waals surface area contributed by atoms with Gasteiger partial charge in [0.05, 0.1) is 11.9 Å². The molecule has 306 valence electrons. The lowest BCUT2D eigenvalue weighted by molar-refractivity contribution is -0.133. The molecule has 2 atom stereocenters. The van der Waals surface area contributed by atoms with Crippen molar-refractivity contribution in [2.24, 2.45) is 11.5 Å². The number of nitrogens with zero attached hydrogens (tertiary/aromatic N) is 1. The van der Waals surface area contributed by atoms with Gasteiger partial charge < -0.3 is 27.0 Å². The molecule has 8 nitrogen and oxygen atoms in total. The molecule has 0 aromatic heterocycles. The van der Waals surface area contributed by atoms with Crippen molar-refractivity contribution in [2.75, 3.05) is 26.2 Å². The van der Waals surface area contributed by atoms with Crippen LogP contribution in [0.2, 0.25) is 0 Å². The van der Waals surface area contributed by atoms with Crippen molar-refractivity contribution in [3.8, 4) is 0 Å². The molecule has 0 aromatic rings. The van der Waals surface area contributed by atoms with Crippen LogP contribution >= 0.6 is 0 Å². The molecule has 0 aromatic carbocycles. The predicted octanol–water partition coefficient (Wildman–Crippen LogP) is 10.5. The van der Waals surface area contributed by atoms with Gasteiger partial charge in [-0.05, 0) is 58.3 Å². The molecule has 2 amide bonds. The van der Waals surface area contributed by atoms with Gasteiger partial charge in [0.2, 0.25) is 11.8 Å². The lowest BCUT2D eigenvalue weighted by Gasteiger charge is -2.26. The quantitative estimate of drug-likeness (QED) is 0.0185. The van der Waals surface area contributed by atoms with Crippen molar-refractivity contribution in [2.45, 2.75) is 225 Å². The van der Waals surface area contributed by atoms with Gasteiger partial charge in [-0.15, -0.1) is 0 Å². The van der Waals surface area contributed by atoms with E-state index in [0.29, 0.717) is 25.2 Å². The third-order valence-electron chi connectivity index (χ3n) is 10.3. The number of amidine groups is 1. The van der Waals surface area contributed by atoms with Crippen molar-refractivity contribution < 1.29 is 9.59 Å². The summed E-state index contributed by atoms with van der Waals surface area (Å²) >= 11 is 0. The molecule has 0 aliphatic carbocycles. The van der Waals surface area contributed by atoms with Gasteiger partial charge in [-0.2, -0.15) is 0 Å². The van der Waals surface area contributed by atoms with Gasteiger partial charge in [0, 0.05) is 26.2 Å². The van der Waals surface area contributed by atoms with Crippen LogP contribution in [0, 0.1) is 5.41 Å². The summed E-state index contributed by atoms with van der Waals surface area (Å²) in [7, 11) is 0. The number of nitrogens with one attached hydrogen (secondary N) is 3. The van der Waals surface area contributed by atoms with E-state index in [1.165, 1.54) is 154 Å². The highest BCUT2D eigenvalue weighted by atomic mass is 16.2.